The molecule has 0 amide bonds. The maximum absolute atomic E-state index is 6.21. The third kappa shape index (κ3) is 5.37. The number of halogens is 1. The summed E-state index contributed by atoms with van der Waals surface area (Å²) < 4.78 is 7.30. The molecule has 1 unspecified atom stereocenters. The van der Waals surface area contributed by atoms with Gasteiger partial charge in [-0.2, -0.15) is 0 Å². The largest absolute Gasteiger partial charge is 0.489 e. The van der Waals surface area contributed by atoms with Crippen molar-refractivity contribution in [1.82, 2.24) is 10.2 Å². The second-order valence-corrected chi connectivity index (χ2v) is 9.12. The van der Waals surface area contributed by atoms with Gasteiger partial charge in [-0.15, -0.1) is 0 Å². The van der Waals surface area contributed by atoms with Gasteiger partial charge in [0.25, 0.3) is 0 Å². The van der Waals surface area contributed by atoms with Crippen molar-refractivity contribution in [2.45, 2.75) is 56.7 Å². The molecule has 150 valence electrons. The predicted octanol–water partition coefficient (Wildman–Crippen LogP) is 5.22. The average molecular weight is 443 g/mol. The molecule has 0 radical (unpaired) electrons. The number of nitrogens with one attached hydrogen (secondary N) is 1. The lowest BCUT2D eigenvalue weighted by atomic mass is 10.0. The van der Waals surface area contributed by atoms with Crippen LogP contribution in [0, 0.1) is 0 Å². The van der Waals surface area contributed by atoms with Gasteiger partial charge in [0.15, 0.2) is 0 Å². The average Bonchev–Trinajstić information content (AvgIpc) is 3.50. The van der Waals surface area contributed by atoms with E-state index in [9.17, 15) is 0 Å². The number of hydrogen-bond donors (Lipinski definition) is 1. The van der Waals surface area contributed by atoms with Crippen LogP contribution in [0.25, 0.3) is 0 Å². The molecule has 2 fully saturated rings. The molecule has 28 heavy (non-hydrogen) atoms. The molecule has 1 aliphatic heterocycles. The van der Waals surface area contributed by atoms with Gasteiger partial charge in [-0.1, -0.05) is 53.2 Å². The van der Waals surface area contributed by atoms with Crippen molar-refractivity contribution in [3.63, 3.8) is 0 Å². The third-order valence-corrected chi connectivity index (χ3v) is 6.62. The molecule has 4 heteroatoms. The summed E-state index contributed by atoms with van der Waals surface area (Å²) in [6.45, 7) is 5.57. The van der Waals surface area contributed by atoms with Gasteiger partial charge in [-0.3, -0.25) is 4.90 Å². The first-order valence-corrected chi connectivity index (χ1v) is 11.5. The van der Waals surface area contributed by atoms with Crippen LogP contribution in [0.15, 0.2) is 59.1 Å². The molecule has 2 aromatic rings. The summed E-state index contributed by atoms with van der Waals surface area (Å²) in [7, 11) is 0. The summed E-state index contributed by atoms with van der Waals surface area (Å²) in [5.41, 5.74) is 1.49. The Morgan fingerprint density at radius 2 is 1.79 bits per heavy atom. The zero-order valence-electron chi connectivity index (χ0n) is 16.7. The number of likely N-dealkylation sites (tertiary alicyclic amines) is 1. The first kappa shape index (κ1) is 19.9. The van der Waals surface area contributed by atoms with Crippen LogP contribution >= 0.6 is 15.9 Å². The molecule has 3 atom stereocenters. The Hall–Kier alpha value is -1.36. The van der Waals surface area contributed by atoms with Crippen molar-refractivity contribution < 1.29 is 4.74 Å². The highest BCUT2D eigenvalue weighted by atomic mass is 79.9. The normalized spacial score (nSPS) is 24.1. The van der Waals surface area contributed by atoms with E-state index in [2.05, 4.69) is 63.4 Å². The number of rotatable bonds is 8. The molecule has 1 aliphatic carbocycles. The Labute approximate surface area is 177 Å². The Kier molecular flexibility index (Phi) is 6.71. The molecule has 1 saturated carbocycles. The summed E-state index contributed by atoms with van der Waals surface area (Å²) in [6, 6.07) is 20.5. The van der Waals surface area contributed by atoms with Crippen molar-refractivity contribution in [3.8, 4) is 5.75 Å². The van der Waals surface area contributed by atoms with Gasteiger partial charge < -0.3 is 10.1 Å². The minimum Gasteiger partial charge on any atom is -0.489 e. The maximum Gasteiger partial charge on any atom is 0.119 e. The minimum absolute atomic E-state index is 0.261. The Morgan fingerprint density at radius 3 is 2.46 bits per heavy atom. The van der Waals surface area contributed by atoms with Gasteiger partial charge in [0.1, 0.15) is 11.9 Å². The van der Waals surface area contributed by atoms with Crippen molar-refractivity contribution in [1.29, 1.82) is 0 Å². The van der Waals surface area contributed by atoms with Crippen LogP contribution in [0.3, 0.4) is 0 Å². The molecule has 3 nitrogen and oxygen atoms in total. The van der Waals surface area contributed by atoms with Gasteiger partial charge in [0, 0.05) is 29.0 Å². The van der Waals surface area contributed by atoms with Gasteiger partial charge >= 0.3 is 0 Å². The first-order chi connectivity index (χ1) is 13.7. The van der Waals surface area contributed by atoms with E-state index in [1.807, 2.05) is 24.3 Å². The Bertz CT molecular complexity index is 728. The molecule has 1 heterocycles. The number of piperidine rings is 1. The van der Waals surface area contributed by atoms with Crippen molar-refractivity contribution in [3.05, 3.63) is 64.6 Å². The van der Waals surface area contributed by atoms with E-state index >= 15 is 0 Å². The predicted molar refractivity (Wildman–Crippen MR) is 119 cm³/mol. The van der Waals surface area contributed by atoms with Crippen LogP contribution in [0.2, 0.25) is 0 Å². The van der Waals surface area contributed by atoms with Crippen LogP contribution < -0.4 is 10.1 Å². The van der Waals surface area contributed by atoms with Crippen molar-refractivity contribution in [2.24, 2.45) is 0 Å². The summed E-state index contributed by atoms with van der Waals surface area (Å²) in [6.07, 6.45) is 5.08. The number of nitrogens with zero attached hydrogens (tertiary/aromatic N) is 1. The molecule has 1 N–H and O–H groups in total. The van der Waals surface area contributed by atoms with Crippen LogP contribution in [-0.4, -0.2) is 42.7 Å². The summed E-state index contributed by atoms with van der Waals surface area (Å²) in [5, 5.41) is 3.91. The van der Waals surface area contributed by atoms with E-state index in [-0.39, 0.29) is 6.10 Å². The zero-order valence-corrected chi connectivity index (χ0v) is 18.3. The fourth-order valence-corrected chi connectivity index (χ4v) is 4.54. The van der Waals surface area contributed by atoms with Crippen LogP contribution in [0.1, 0.15) is 44.1 Å². The van der Waals surface area contributed by atoms with Gasteiger partial charge in [-0.25, -0.2) is 0 Å². The molecule has 0 aromatic heterocycles. The molecular formula is C24H31BrN2O. The lowest BCUT2D eigenvalue weighted by molar-refractivity contribution is 0.107. The molecule has 4 rings (SSSR count). The van der Waals surface area contributed by atoms with Gasteiger partial charge in [-0.05, 0) is 68.6 Å². The zero-order chi connectivity index (χ0) is 19.3. The van der Waals surface area contributed by atoms with E-state index in [0.717, 1.165) is 29.1 Å². The smallest absolute Gasteiger partial charge is 0.119 e. The van der Waals surface area contributed by atoms with E-state index in [0.29, 0.717) is 12.1 Å². The topological polar surface area (TPSA) is 24.5 Å². The van der Waals surface area contributed by atoms with Gasteiger partial charge in [0.05, 0.1) is 0 Å². The third-order valence-electron chi connectivity index (χ3n) is 6.09. The van der Waals surface area contributed by atoms with Crippen molar-refractivity contribution in [2.75, 3.05) is 19.6 Å². The molecule has 2 aromatic carbocycles. The standard InChI is InChI=1S/C24H31BrN2O/c1-2-21(28-22-10-8-19(25)9-11-22)17-27-14-12-20(13-15-27)26-24-16-23(24)18-6-4-3-5-7-18/h3-11,20-21,23-24,26H,2,12-17H2,1H3/t21?,23-,24+/m0/s1. The number of benzene rings is 2. The lowest BCUT2D eigenvalue weighted by Gasteiger charge is -2.34. The molecular weight excluding hydrogens is 412 g/mol. The van der Waals surface area contributed by atoms with Crippen molar-refractivity contribution >= 4 is 15.9 Å². The van der Waals surface area contributed by atoms with Crippen LogP contribution in [-0.2, 0) is 0 Å². The maximum atomic E-state index is 6.21. The molecule has 2 aliphatic rings. The van der Waals surface area contributed by atoms with E-state index in [4.69, 9.17) is 4.74 Å². The second-order valence-electron chi connectivity index (χ2n) is 8.20. The van der Waals surface area contributed by atoms with E-state index in [1.54, 1.807) is 0 Å². The van der Waals surface area contributed by atoms with Crippen LogP contribution in [0.4, 0.5) is 0 Å². The monoisotopic (exact) mass is 442 g/mol. The Morgan fingerprint density at radius 1 is 1.07 bits per heavy atom. The van der Waals surface area contributed by atoms with E-state index < -0.39 is 0 Å². The number of ether oxygens (including phenoxy) is 1. The molecule has 0 bridgehead atoms. The highest BCUT2D eigenvalue weighted by molar-refractivity contribution is 9.10. The summed E-state index contributed by atoms with van der Waals surface area (Å²) in [5.74, 6) is 1.69. The minimum atomic E-state index is 0.261. The molecule has 1 saturated heterocycles. The number of hydrogen-bond acceptors (Lipinski definition) is 3. The fourth-order valence-electron chi connectivity index (χ4n) is 4.28. The molecule has 0 spiro atoms. The highest BCUT2D eigenvalue weighted by Gasteiger charge is 2.39. The summed E-state index contributed by atoms with van der Waals surface area (Å²) in [4.78, 5) is 2.58. The fraction of sp³-hybridized carbons (Fsp3) is 0.500. The highest BCUT2D eigenvalue weighted by Crippen LogP contribution is 2.41. The summed E-state index contributed by atoms with van der Waals surface area (Å²) >= 11 is 3.48. The SMILES string of the molecule is CCC(CN1CCC(N[C@@H]2C[C@H]2c2ccccc2)CC1)Oc1ccc(Br)cc1. The van der Waals surface area contributed by atoms with Gasteiger partial charge in [0.2, 0.25) is 0 Å². The van der Waals surface area contributed by atoms with Crippen LogP contribution in [0.5, 0.6) is 5.75 Å². The lowest BCUT2D eigenvalue weighted by Crippen LogP contribution is -2.46. The van der Waals surface area contributed by atoms with E-state index in [1.165, 1.54) is 37.9 Å². The quantitative estimate of drug-likeness (QED) is 0.606. The Balaban J connectivity index is 1.19. The first-order valence-electron chi connectivity index (χ1n) is 10.7. The second kappa shape index (κ2) is 9.43.